The molecule has 0 spiro atoms. The third-order valence-electron chi connectivity index (χ3n) is 3.11. The van der Waals surface area contributed by atoms with Crippen LogP contribution in [0.5, 0.6) is 5.75 Å². The van der Waals surface area contributed by atoms with Crippen LogP contribution >= 0.6 is 15.9 Å². The molecule has 0 aromatic heterocycles. The maximum absolute atomic E-state index is 13.0. The molecular formula is C17H17BrFNO3. The highest BCUT2D eigenvalue weighted by Crippen LogP contribution is 2.18. The highest BCUT2D eigenvalue weighted by atomic mass is 79.9. The van der Waals surface area contributed by atoms with Crippen LogP contribution in [0.25, 0.3) is 0 Å². The summed E-state index contributed by atoms with van der Waals surface area (Å²) in [4.78, 5) is 12.0. The number of hydrogen-bond donors (Lipinski definition) is 2. The molecule has 2 aromatic rings. The molecule has 0 aliphatic heterocycles. The van der Waals surface area contributed by atoms with Crippen LogP contribution < -0.4 is 10.1 Å². The normalized spacial score (nSPS) is 11.8. The van der Waals surface area contributed by atoms with E-state index in [2.05, 4.69) is 21.2 Å². The first-order valence-electron chi connectivity index (χ1n) is 7.06. The van der Waals surface area contributed by atoms with Gasteiger partial charge in [0.1, 0.15) is 24.3 Å². The molecule has 2 aromatic carbocycles. The van der Waals surface area contributed by atoms with Crippen molar-refractivity contribution >= 4 is 21.8 Å². The summed E-state index contributed by atoms with van der Waals surface area (Å²) >= 11 is 3.13. The first kappa shape index (κ1) is 17.4. The largest absolute Gasteiger partial charge is 0.491 e. The minimum absolute atomic E-state index is 0.0362. The number of rotatable bonds is 6. The molecule has 1 amide bonds. The molecule has 2 N–H and O–H groups in total. The maximum atomic E-state index is 13.0. The van der Waals surface area contributed by atoms with E-state index in [0.29, 0.717) is 15.8 Å². The molecule has 0 saturated heterocycles. The summed E-state index contributed by atoms with van der Waals surface area (Å²) in [5.41, 5.74) is 1.37. The van der Waals surface area contributed by atoms with Crippen molar-refractivity contribution in [3.8, 4) is 5.75 Å². The SMILES string of the molecule is Cc1cccc(OCC(O)CNC(=O)c2ccc(F)cc2Br)c1. The number of hydrogen-bond acceptors (Lipinski definition) is 3. The van der Waals surface area contributed by atoms with E-state index >= 15 is 0 Å². The van der Waals surface area contributed by atoms with Crippen LogP contribution in [0.15, 0.2) is 46.9 Å². The maximum Gasteiger partial charge on any atom is 0.252 e. The van der Waals surface area contributed by atoms with E-state index in [1.165, 1.54) is 18.2 Å². The van der Waals surface area contributed by atoms with Gasteiger partial charge < -0.3 is 15.2 Å². The minimum atomic E-state index is -0.848. The Bertz CT molecular complexity index is 693. The Morgan fingerprint density at radius 2 is 2.13 bits per heavy atom. The number of benzene rings is 2. The van der Waals surface area contributed by atoms with E-state index in [-0.39, 0.29) is 13.2 Å². The Kier molecular flexibility index (Phi) is 6.12. The van der Waals surface area contributed by atoms with Crippen LogP contribution in [-0.4, -0.2) is 30.3 Å². The van der Waals surface area contributed by atoms with E-state index in [1.807, 2.05) is 25.1 Å². The lowest BCUT2D eigenvalue weighted by atomic mass is 10.2. The van der Waals surface area contributed by atoms with Gasteiger partial charge in [0, 0.05) is 11.0 Å². The summed E-state index contributed by atoms with van der Waals surface area (Å²) in [5, 5.41) is 12.5. The average Bonchev–Trinajstić information content (AvgIpc) is 2.50. The number of carbonyl (C=O) groups is 1. The predicted octanol–water partition coefficient (Wildman–Crippen LogP) is 3.07. The Morgan fingerprint density at radius 1 is 1.35 bits per heavy atom. The summed E-state index contributed by atoms with van der Waals surface area (Å²) in [6, 6.07) is 11.3. The molecule has 1 atom stereocenters. The van der Waals surface area contributed by atoms with E-state index in [0.717, 1.165) is 5.56 Å². The standard InChI is InChI=1S/C17H17BrFNO3/c1-11-3-2-4-14(7-11)23-10-13(21)9-20-17(22)15-6-5-12(19)8-16(15)18/h2-8,13,21H,9-10H2,1H3,(H,20,22). The first-order valence-corrected chi connectivity index (χ1v) is 7.86. The van der Waals surface area contributed by atoms with Crippen LogP contribution in [0.3, 0.4) is 0 Å². The van der Waals surface area contributed by atoms with Crippen molar-refractivity contribution in [2.75, 3.05) is 13.2 Å². The second kappa shape index (κ2) is 8.08. The van der Waals surface area contributed by atoms with Crippen LogP contribution in [-0.2, 0) is 0 Å². The number of carbonyl (C=O) groups excluding carboxylic acids is 1. The average molecular weight is 382 g/mol. The van der Waals surface area contributed by atoms with Crippen molar-refractivity contribution in [3.05, 3.63) is 63.9 Å². The minimum Gasteiger partial charge on any atom is -0.491 e. The molecule has 2 rings (SSSR count). The lowest BCUT2D eigenvalue weighted by molar-refractivity contribution is 0.0843. The molecule has 4 nitrogen and oxygen atoms in total. The fourth-order valence-corrected chi connectivity index (χ4v) is 2.47. The van der Waals surface area contributed by atoms with Gasteiger partial charge in [-0.1, -0.05) is 12.1 Å². The van der Waals surface area contributed by atoms with Crippen molar-refractivity contribution in [1.82, 2.24) is 5.32 Å². The van der Waals surface area contributed by atoms with Crippen LogP contribution in [0.1, 0.15) is 15.9 Å². The summed E-state index contributed by atoms with van der Waals surface area (Å²) < 4.78 is 18.8. The van der Waals surface area contributed by atoms with Gasteiger partial charge in [-0.05, 0) is 58.7 Å². The summed E-state index contributed by atoms with van der Waals surface area (Å²) in [6.07, 6.45) is -0.848. The lowest BCUT2D eigenvalue weighted by Gasteiger charge is -2.14. The quantitative estimate of drug-likeness (QED) is 0.808. The highest BCUT2D eigenvalue weighted by Gasteiger charge is 2.13. The fourth-order valence-electron chi connectivity index (χ4n) is 1.94. The molecule has 0 saturated carbocycles. The number of aryl methyl sites for hydroxylation is 1. The van der Waals surface area contributed by atoms with Crippen molar-refractivity contribution < 1.29 is 19.0 Å². The van der Waals surface area contributed by atoms with E-state index in [1.54, 1.807) is 6.07 Å². The smallest absolute Gasteiger partial charge is 0.252 e. The van der Waals surface area contributed by atoms with Gasteiger partial charge in [-0.15, -0.1) is 0 Å². The number of nitrogens with one attached hydrogen (secondary N) is 1. The Morgan fingerprint density at radius 3 is 2.83 bits per heavy atom. The fraction of sp³-hybridized carbons (Fsp3) is 0.235. The van der Waals surface area contributed by atoms with Crippen LogP contribution in [0.2, 0.25) is 0 Å². The zero-order chi connectivity index (χ0) is 16.8. The Balaban J connectivity index is 1.81. The monoisotopic (exact) mass is 381 g/mol. The van der Waals surface area contributed by atoms with Gasteiger partial charge in [-0.3, -0.25) is 4.79 Å². The molecule has 122 valence electrons. The van der Waals surface area contributed by atoms with Crippen LogP contribution in [0, 0.1) is 12.7 Å². The summed E-state index contributed by atoms with van der Waals surface area (Å²) in [6.45, 7) is 2.05. The molecule has 1 unspecified atom stereocenters. The molecule has 23 heavy (non-hydrogen) atoms. The summed E-state index contributed by atoms with van der Waals surface area (Å²) in [5.74, 6) is -0.164. The van der Waals surface area contributed by atoms with E-state index in [4.69, 9.17) is 4.74 Å². The molecule has 0 heterocycles. The zero-order valence-corrected chi connectivity index (χ0v) is 14.1. The van der Waals surface area contributed by atoms with Gasteiger partial charge in [-0.2, -0.15) is 0 Å². The molecule has 0 aliphatic carbocycles. The van der Waals surface area contributed by atoms with Crippen molar-refractivity contribution in [1.29, 1.82) is 0 Å². The van der Waals surface area contributed by atoms with E-state index < -0.39 is 17.8 Å². The predicted molar refractivity (Wildman–Crippen MR) is 89.1 cm³/mol. The van der Waals surface area contributed by atoms with Crippen molar-refractivity contribution in [2.45, 2.75) is 13.0 Å². The second-order valence-corrected chi connectivity index (χ2v) is 5.97. The van der Waals surface area contributed by atoms with Gasteiger partial charge >= 0.3 is 0 Å². The van der Waals surface area contributed by atoms with Gasteiger partial charge in [0.05, 0.1) is 5.56 Å². The third kappa shape index (κ3) is 5.33. The van der Waals surface area contributed by atoms with Gasteiger partial charge in [0.25, 0.3) is 5.91 Å². The van der Waals surface area contributed by atoms with Crippen molar-refractivity contribution in [2.24, 2.45) is 0 Å². The zero-order valence-electron chi connectivity index (χ0n) is 12.6. The summed E-state index contributed by atoms with van der Waals surface area (Å²) in [7, 11) is 0. The van der Waals surface area contributed by atoms with Crippen molar-refractivity contribution in [3.63, 3.8) is 0 Å². The molecule has 6 heteroatoms. The topological polar surface area (TPSA) is 58.6 Å². The number of aliphatic hydroxyl groups is 1. The lowest BCUT2D eigenvalue weighted by Crippen LogP contribution is -2.35. The Labute approximate surface area is 142 Å². The third-order valence-corrected chi connectivity index (χ3v) is 3.76. The number of halogens is 2. The van der Waals surface area contributed by atoms with Gasteiger partial charge in [0.15, 0.2) is 0 Å². The molecule has 0 radical (unpaired) electrons. The second-order valence-electron chi connectivity index (χ2n) is 5.12. The van der Waals surface area contributed by atoms with Crippen LogP contribution in [0.4, 0.5) is 4.39 Å². The number of amides is 1. The number of aliphatic hydroxyl groups excluding tert-OH is 1. The molecule has 0 fully saturated rings. The highest BCUT2D eigenvalue weighted by molar-refractivity contribution is 9.10. The van der Waals surface area contributed by atoms with E-state index in [9.17, 15) is 14.3 Å². The molecule has 0 aliphatic rings. The first-order chi connectivity index (χ1) is 11.0. The molecular weight excluding hydrogens is 365 g/mol. The van der Waals surface area contributed by atoms with Gasteiger partial charge in [-0.25, -0.2) is 4.39 Å². The number of ether oxygens (including phenoxy) is 1. The van der Waals surface area contributed by atoms with Gasteiger partial charge in [0.2, 0.25) is 0 Å². The molecule has 0 bridgehead atoms. The Hall–Kier alpha value is -1.92.